The van der Waals surface area contributed by atoms with Crippen molar-refractivity contribution in [2.75, 3.05) is 6.61 Å². The largest absolute Gasteiger partial charge is 0.484 e. The number of hydrogen-bond acceptors (Lipinski definition) is 5. The molecule has 0 atom stereocenters. The molecule has 0 bridgehead atoms. The number of ether oxygens (including phenoxy) is 1. The molecule has 0 saturated heterocycles. The Balaban J connectivity index is 1.46. The summed E-state index contributed by atoms with van der Waals surface area (Å²) in [5.41, 5.74) is 6.60. The highest BCUT2D eigenvalue weighted by molar-refractivity contribution is 5.95. The van der Waals surface area contributed by atoms with Crippen LogP contribution in [-0.4, -0.2) is 23.3 Å². The van der Waals surface area contributed by atoms with Gasteiger partial charge < -0.3 is 4.74 Å². The Kier molecular flexibility index (Phi) is 6.16. The first-order chi connectivity index (χ1) is 14.0. The summed E-state index contributed by atoms with van der Waals surface area (Å²) in [6.07, 6.45) is 0. The van der Waals surface area contributed by atoms with Crippen molar-refractivity contribution >= 4 is 17.5 Å². The van der Waals surface area contributed by atoms with Crippen LogP contribution in [0.2, 0.25) is 0 Å². The van der Waals surface area contributed by atoms with E-state index in [2.05, 4.69) is 10.9 Å². The molecule has 0 radical (unpaired) electrons. The van der Waals surface area contributed by atoms with E-state index in [4.69, 9.17) is 4.74 Å². The molecular weight excluding hydrogens is 374 g/mol. The van der Waals surface area contributed by atoms with Crippen molar-refractivity contribution in [1.82, 2.24) is 10.9 Å². The lowest BCUT2D eigenvalue weighted by atomic mass is 10.1. The van der Waals surface area contributed by atoms with E-state index in [-0.39, 0.29) is 17.9 Å². The van der Waals surface area contributed by atoms with E-state index in [1.54, 1.807) is 12.1 Å². The minimum absolute atomic E-state index is 0.128. The van der Waals surface area contributed by atoms with Gasteiger partial charge >= 0.3 is 0 Å². The van der Waals surface area contributed by atoms with E-state index in [0.717, 1.165) is 11.1 Å². The van der Waals surface area contributed by atoms with Gasteiger partial charge in [-0.2, -0.15) is 0 Å². The number of carbonyl (C=O) groups excluding carboxylic acids is 2. The van der Waals surface area contributed by atoms with Crippen LogP contribution < -0.4 is 15.6 Å². The average molecular weight is 391 g/mol. The topological polar surface area (TPSA) is 111 Å². The van der Waals surface area contributed by atoms with Crippen molar-refractivity contribution in [3.05, 3.63) is 94.5 Å². The van der Waals surface area contributed by atoms with E-state index in [0.29, 0.717) is 5.75 Å². The molecule has 3 rings (SSSR count). The molecule has 2 amide bonds. The summed E-state index contributed by atoms with van der Waals surface area (Å²) in [5.74, 6) is -0.630. The molecule has 0 aliphatic rings. The first-order valence-corrected chi connectivity index (χ1v) is 8.65. The highest BCUT2D eigenvalue weighted by Gasteiger charge is 2.10. The molecule has 0 aliphatic heterocycles. The van der Waals surface area contributed by atoms with Gasteiger partial charge in [-0.1, -0.05) is 42.5 Å². The molecular formula is C21H17N3O5. The molecule has 0 unspecified atom stereocenters. The Morgan fingerprint density at radius 2 is 1.45 bits per heavy atom. The van der Waals surface area contributed by atoms with Gasteiger partial charge in [0.05, 0.1) is 4.92 Å². The van der Waals surface area contributed by atoms with Crippen LogP contribution in [0.15, 0.2) is 78.9 Å². The molecule has 8 heteroatoms. The molecule has 146 valence electrons. The van der Waals surface area contributed by atoms with Gasteiger partial charge in [-0.25, -0.2) is 0 Å². The van der Waals surface area contributed by atoms with Crippen molar-refractivity contribution in [3.63, 3.8) is 0 Å². The van der Waals surface area contributed by atoms with E-state index in [1.165, 1.54) is 24.3 Å². The fraction of sp³-hybridized carbons (Fsp3) is 0.0476. The van der Waals surface area contributed by atoms with Gasteiger partial charge in [0, 0.05) is 17.7 Å². The summed E-state index contributed by atoms with van der Waals surface area (Å²) in [4.78, 5) is 33.8. The third-order valence-electron chi connectivity index (χ3n) is 3.99. The maximum absolute atomic E-state index is 11.9. The number of carbonyl (C=O) groups is 2. The fourth-order valence-corrected chi connectivity index (χ4v) is 2.49. The Bertz CT molecular complexity index is 1000. The van der Waals surface area contributed by atoms with E-state index >= 15 is 0 Å². The van der Waals surface area contributed by atoms with E-state index in [9.17, 15) is 19.7 Å². The standard InChI is InChI=1S/C21H17N3O5/c25-20(22-23-21(26)17-6-10-18(11-7-17)24(27)28)14-29-19-12-8-16(9-13-19)15-4-2-1-3-5-15/h1-13H,14H2,(H,22,25)(H,23,26). The van der Waals surface area contributed by atoms with Crippen molar-refractivity contribution in [1.29, 1.82) is 0 Å². The minimum Gasteiger partial charge on any atom is -0.484 e. The van der Waals surface area contributed by atoms with Crippen molar-refractivity contribution in [2.24, 2.45) is 0 Å². The smallest absolute Gasteiger partial charge is 0.276 e. The molecule has 8 nitrogen and oxygen atoms in total. The minimum atomic E-state index is -0.597. The first kappa shape index (κ1) is 19.6. The Labute approximate surface area is 166 Å². The normalized spacial score (nSPS) is 10.1. The second kappa shape index (κ2) is 9.14. The summed E-state index contributed by atoms with van der Waals surface area (Å²) in [5, 5.41) is 10.6. The predicted molar refractivity (Wildman–Crippen MR) is 106 cm³/mol. The van der Waals surface area contributed by atoms with Gasteiger partial charge in [0.2, 0.25) is 0 Å². The summed E-state index contributed by atoms with van der Waals surface area (Å²) in [6, 6.07) is 22.1. The number of hydrogen-bond donors (Lipinski definition) is 2. The number of rotatable bonds is 6. The average Bonchev–Trinajstić information content (AvgIpc) is 2.77. The third-order valence-corrected chi connectivity index (χ3v) is 3.99. The van der Waals surface area contributed by atoms with Gasteiger partial charge in [0.15, 0.2) is 6.61 Å². The van der Waals surface area contributed by atoms with Crippen LogP contribution in [0.25, 0.3) is 11.1 Å². The third kappa shape index (κ3) is 5.39. The fourth-order valence-electron chi connectivity index (χ4n) is 2.49. The molecule has 3 aromatic carbocycles. The number of nitro benzene ring substituents is 1. The van der Waals surface area contributed by atoms with Crippen LogP contribution in [0.3, 0.4) is 0 Å². The van der Waals surface area contributed by atoms with Gasteiger partial charge in [0.25, 0.3) is 17.5 Å². The van der Waals surface area contributed by atoms with Crippen molar-refractivity contribution in [3.8, 4) is 16.9 Å². The zero-order valence-electron chi connectivity index (χ0n) is 15.2. The molecule has 2 N–H and O–H groups in total. The highest BCUT2D eigenvalue weighted by Crippen LogP contribution is 2.21. The summed E-state index contributed by atoms with van der Waals surface area (Å²) in [7, 11) is 0. The lowest BCUT2D eigenvalue weighted by molar-refractivity contribution is -0.384. The summed E-state index contributed by atoms with van der Waals surface area (Å²) >= 11 is 0. The molecule has 0 spiro atoms. The quantitative estimate of drug-likeness (QED) is 0.495. The van der Waals surface area contributed by atoms with Gasteiger partial charge in [-0.05, 0) is 35.4 Å². The summed E-state index contributed by atoms with van der Waals surface area (Å²) < 4.78 is 5.40. The number of benzene rings is 3. The zero-order chi connectivity index (χ0) is 20.6. The second-order valence-electron chi connectivity index (χ2n) is 5.99. The number of nitro groups is 1. The number of hydrazine groups is 1. The lowest BCUT2D eigenvalue weighted by Crippen LogP contribution is -2.43. The predicted octanol–water partition coefficient (Wildman–Crippen LogP) is 3.10. The second-order valence-corrected chi connectivity index (χ2v) is 5.99. The Morgan fingerprint density at radius 1 is 0.828 bits per heavy atom. The van der Waals surface area contributed by atoms with Crippen LogP contribution in [0.4, 0.5) is 5.69 Å². The van der Waals surface area contributed by atoms with Gasteiger partial charge in [-0.15, -0.1) is 0 Å². The van der Waals surface area contributed by atoms with Crippen LogP contribution in [0, 0.1) is 10.1 Å². The maximum atomic E-state index is 11.9. The number of amides is 2. The Morgan fingerprint density at radius 3 is 2.07 bits per heavy atom. The van der Waals surface area contributed by atoms with E-state index in [1.807, 2.05) is 42.5 Å². The van der Waals surface area contributed by atoms with Crippen molar-refractivity contribution < 1.29 is 19.2 Å². The highest BCUT2D eigenvalue weighted by atomic mass is 16.6. The Hall–Kier alpha value is -4.20. The number of non-ortho nitro benzene ring substituents is 1. The lowest BCUT2D eigenvalue weighted by Gasteiger charge is -2.09. The SMILES string of the molecule is O=C(COc1ccc(-c2ccccc2)cc1)NNC(=O)c1ccc([N+](=O)[O-])cc1. The molecule has 0 aliphatic carbocycles. The molecule has 29 heavy (non-hydrogen) atoms. The molecule has 0 aromatic heterocycles. The van der Waals surface area contributed by atoms with Crippen LogP contribution in [0.5, 0.6) is 5.75 Å². The molecule has 0 heterocycles. The summed E-state index contributed by atoms with van der Waals surface area (Å²) in [6.45, 7) is -0.286. The molecule has 0 fully saturated rings. The van der Waals surface area contributed by atoms with Gasteiger partial charge in [-0.3, -0.25) is 30.6 Å². The van der Waals surface area contributed by atoms with Crippen LogP contribution in [0.1, 0.15) is 10.4 Å². The number of nitrogens with zero attached hydrogens (tertiary/aromatic N) is 1. The first-order valence-electron chi connectivity index (χ1n) is 8.65. The molecule has 0 saturated carbocycles. The zero-order valence-corrected chi connectivity index (χ0v) is 15.2. The van der Waals surface area contributed by atoms with Crippen LogP contribution >= 0.6 is 0 Å². The van der Waals surface area contributed by atoms with Crippen LogP contribution in [-0.2, 0) is 4.79 Å². The van der Waals surface area contributed by atoms with Crippen molar-refractivity contribution in [2.45, 2.75) is 0 Å². The van der Waals surface area contributed by atoms with Gasteiger partial charge in [0.1, 0.15) is 5.75 Å². The monoisotopic (exact) mass is 391 g/mol. The van der Waals surface area contributed by atoms with E-state index < -0.39 is 16.7 Å². The number of nitrogens with one attached hydrogen (secondary N) is 2. The molecule has 3 aromatic rings. The maximum Gasteiger partial charge on any atom is 0.276 e.